The molecule has 4 rings (SSSR count). The maximum atomic E-state index is 5.85. The third-order valence-corrected chi connectivity index (χ3v) is 5.61. The van der Waals surface area contributed by atoms with E-state index in [2.05, 4.69) is 46.7 Å². The topological polar surface area (TPSA) is 102 Å². The van der Waals surface area contributed by atoms with Crippen LogP contribution in [-0.2, 0) is 5.75 Å². The Balaban J connectivity index is 1.63. The lowest BCUT2D eigenvalue weighted by molar-refractivity contribution is 0.564. The van der Waals surface area contributed by atoms with E-state index < -0.39 is 0 Å². The molecule has 3 heterocycles. The first kappa shape index (κ1) is 19.4. The predicted octanol–water partition coefficient (Wildman–Crippen LogP) is 2.38. The zero-order valence-electron chi connectivity index (χ0n) is 16.7. The summed E-state index contributed by atoms with van der Waals surface area (Å²) < 4.78 is 2.12. The number of rotatable bonds is 6. The third kappa shape index (κ3) is 4.42. The van der Waals surface area contributed by atoms with Crippen LogP contribution in [0.2, 0.25) is 0 Å². The second-order valence-electron chi connectivity index (χ2n) is 7.09. The summed E-state index contributed by atoms with van der Waals surface area (Å²) in [6, 6.07) is 10.2. The first-order valence-electron chi connectivity index (χ1n) is 9.68. The molecule has 0 atom stereocenters. The van der Waals surface area contributed by atoms with E-state index in [0.29, 0.717) is 17.5 Å². The fourth-order valence-corrected chi connectivity index (χ4v) is 4.08. The normalized spacial score (nSPS) is 14.2. The van der Waals surface area contributed by atoms with Crippen LogP contribution in [0, 0.1) is 0 Å². The van der Waals surface area contributed by atoms with Gasteiger partial charge in [0, 0.05) is 27.2 Å². The molecule has 0 aliphatic carbocycles. The number of para-hydroxylation sites is 1. The number of aromatic nitrogens is 6. The number of thioether (sulfide) groups is 1. The summed E-state index contributed by atoms with van der Waals surface area (Å²) in [6.45, 7) is 2.01. The summed E-state index contributed by atoms with van der Waals surface area (Å²) in [6.07, 6.45) is 3.63. The lowest BCUT2D eigenvalue weighted by Crippen LogP contribution is -2.31. The van der Waals surface area contributed by atoms with Gasteiger partial charge in [0.2, 0.25) is 17.8 Å². The van der Waals surface area contributed by atoms with Crippen LogP contribution < -0.4 is 15.5 Å². The molecule has 1 aromatic carbocycles. The quantitative estimate of drug-likeness (QED) is 0.612. The number of nitrogens with zero attached hydrogens (tertiary/aromatic N) is 8. The van der Waals surface area contributed by atoms with Gasteiger partial charge in [0.15, 0.2) is 5.16 Å². The van der Waals surface area contributed by atoms with Gasteiger partial charge >= 0.3 is 0 Å². The van der Waals surface area contributed by atoms with E-state index in [9.17, 15) is 0 Å². The van der Waals surface area contributed by atoms with Gasteiger partial charge in [-0.25, -0.2) is 0 Å². The molecule has 1 saturated heterocycles. The van der Waals surface area contributed by atoms with E-state index in [1.165, 1.54) is 19.3 Å². The van der Waals surface area contributed by atoms with E-state index >= 15 is 0 Å². The van der Waals surface area contributed by atoms with Gasteiger partial charge in [0.1, 0.15) is 5.82 Å². The SMILES string of the molecule is CN(C)c1nc(N)nc(CSc2nnc(N3CCCCC3)n2-c2ccccc2)n1. The number of nitrogen functional groups attached to an aromatic ring is 1. The predicted molar refractivity (Wildman–Crippen MR) is 116 cm³/mol. The minimum Gasteiger partial charge on any atom is -0.368 e. The molecule has 1 fully saturated rings. The summed E-state index contributed by atoms with van der Waals surface area (Å²) in [5, 5.41) is 9.82. The Bertz CT molecular complexity index is 952. The highest BCUT2D eigenvalue weighted by Crippen LogP contribution is 2.29. The average molecular weight is 412 g/mol. The summed E-state index contributed by atoms with van der Waals surface area (Å²) in [7, 11) is 3.76. The van der Waals surface area contributed by atoms with Crippen LogP contribution in [0.5, 0.6) is 0 Å². The van der Waals surface area contributed by atoms with Gasteiger partial charge in [-0.3, -0.25) is 4.57 Å². The van der Waals surface area contributed by atoms with E-state index in [-0.39, 0.29) is 5.95 Å². The van der Waals surface area contributed by atoms with E-state index in [0.717, 1.165) is 29.9 Å². The van der Waals surface area contributed by atoms with Crippen LogP contribution in [0.15, 0.2) is 35.5 Å². The Morgan fingerprint density at radius 2 is 1.76 bits per heavy atom. The number of hydrogen-bond acceptors (Lipinski definition) is 9. The zero-order valence-corrected chi connectivity index (χ0v) is 17.5. The van der Waals surface area contributed by atoms with Crippen LogP contribution in [0.4, 0.5) is 17.8 Å². The lowest BCUT2D eigenvalue weighted by atomic mass is 10.1. The number of nitrogens with two attached hydrogens (primary N) is 1. The van der Waals surface area contributed by atoms with Crippen molar-refractivity contribution in [3.05, 3.63) is 36.2 Å². The summed E-state index contributed by atoms with van der Waals surface area (Å²) in [4.78, 5) is 17.0. The van der Waals surface area contributed by atoms with Crippen LogP contribution in [0.1, 0.15) is 25.1 Å². The molecule has 1 aliphatic rings. The molecule has 2 aromatic heterocycles. The monoisotopic (exact) mass is 411 g/mol. The third-order valence-electron chi connectivity index (χ3n) is 4.69. The molecule has 10 heteroatoms. The lowest BCUT2D eigenvalue weighted by Gasteiger charge is -2.27. The van der Waals surface area contributed by atoms with Gasteiger partial charge in [-0.1, -0.05) is 30.0 Å². The molecule has 0 saturated carbocycles. The Labute approximate surface area is 174 Å². The van der Waals surface area contributed by atoms with Crippen molar-refractivity contribution >= 4 is 29.6 Å². The molecule has 2 N–H and O–H groups in total. The number of hydrogen-bond donors (Lipinski definition) is 1. The van der Waals surface area contributed by atoms with E-state index in [1.807, 2.05) is 37.2 Å². The first-order valence-corrected chi connectivity index (χ1v) is 10.7. The molecule has 0 spiro atoms. The molecule has 0 amide bonds. The van der Waals surface area contributed by atoms with Crippen LogP contribution >= 0.6 is 11.8 Å². The highest BCUT2D eigenvalue weighted by Gasteiger charge is 2.22. The molecule has 1 aliphatic heterocycles. The second-order valence-corrected chi connectivity index (χ2v) is 8.04. The molecular weight excluding hydrogens is 386 g/mol. The van der Waals surface area contributed by atoms with Gasteiger partial charge in [0.25, 0.3) is 0 Å². The van der Waals surface area contributed by atoms with Crippen molar-refractivity contribution in [1.82, 2.24) is 29.7 Å². The van der Waals surface area contributed by atoms with Crippen molar-refractivity contribution in [3.63, 3.8) is 0 Å². The van der Waals surface area contributed by atoms with Gasteiger partial charge in [-0.2, -0.15) is 15.0 Å². The van der Waals surface area contributed by atoms with Gasteiger partial charge < -0.3 is 15.5 Å². The van der Waals surface area contributed by atoms with Crippen molar-refractivity contribution < 1.29 is 0 Å². The van der Waals surface area contributed by atoms with Gasteiger partial charge in [-0.05, 0) is 31.4 Å². The van der Waals surface area contributed by atoms with Crippen LogP contribution in [0.25, 0.3) is 5.69 Å². The molecule has 9 nitrogen and oxygen atoms in total. The highest BCUT2D eigenvalue weighted by atomic mass is 32.2. The highest BCUT2D eigenvalue weighted by molar-refractivity contribution is 7.98. The maximum Gasteiger partial charge on any atom is 0.232 e. The largest absolute Gasteiger partial charge is 0.368 e. The summed E-state index contributed by atoms with van der Waals surface area (Å²) in [5.41, 5.74) is 6.90. The van der Waals surface area contributed by atoms with Gasteiger partial charge in [0.05, 0.1) is 11.4 Å². The average Bonchev–Trinajstić information content (AvgIpc) is 3.17. The Morgan fingerprint density at radius 3 is 2.48 bits per heavy atom. The minimum absolute atomic E-state index is 0.220. The standard InChI is InChI=1S/C19H25N9S/c1-26(2)17-22-15(21-16(20)23-17)13-29-19-25-24-18(27-11-7-4-8-12-27)28(19)14-9-5-3-6-10-14/h3,5-6,9-10H,4,7-8,11-13H2,1-2H3,(H2,20,21,22,23). The fourth-order valence-electron chi connectivity index (χ4n) is 3.28. The number of anilines is 3. The molecule has 29 heavy (non-hydrogen) atoms. The Morgan fingerprint density at radius 1 is 1.00 bits per heavy atom. The minimum atomic E-state index is 0.220. The molecule has 152 valence electrons. The van der Waals surface area contributed by atoms with Crippen LogP contribution in [0.3, 0.4) is 0 Å². The number of piperidine rings is 1. The molecule has 0 unspecified atom stereocenters. The van der Waals surface area contributed by atoms with Crippen molar-refractivity contribution in [3.8, 4) is 5.69 Å². The molecule has 3 aromatic rings. The van der Waals surface area contributed by atoms with Gasteiger partial charge in [-0.15, -0.1) is 10.2 Å². The molecule has 0 bridgehead atoms. The van der Waals surface area contributed by atoms with Crippen molar-refractivity contribution in [2.45, 2.75) is 30.2 Å². The maximum absolute atomic E-state index is 5.85. The fraction of sp³-hybridized carbons (Fsp3) is 0.421. The van der Waals surface area contributed by atoms with Crippen molar-refractivity contribution in [2.75, 3.05) is 42.7 Å². The van der Waals surface area contributed by atoms with Crippen molar-refractivity contribution in [2.24, 2.45) is 0 Å². The zero-order chi connectivity index (χ0) is 20.2. The summed E-state index contributed by atoms with van der Waals surface area (Å²) >= 11 is 1.54. The Hall–Kier alpha value is -2.88. The smallest absolute Gasteiger partial charge is 0.232 e. The number of benzene rings is 1. The first-order chi connectivity index (χ1) is 14.1. The molecular formula is C19H25N9S. The van der Waals surface area contributed by atoms with Crippen LogP contribution in [-0.4, -0.2) is 56.9 Å². The van der Waals surface area contributed by atoms with Crippen molar-refractivity contribution in [1.29, 1.82) is 0 Å². The summed E-state index contributed by atoms with van der Waals surface area (Å²) in [5.74, 6) is 2.80. The Kier molecular flexibility index (Phi) is 5.79. The second kappa shape index (κ2) is 8.64. The molecule has 0 radical (unpaired) electrons. The van der Waals surface area contributed by atoms with E-state index in [4.69, 9.17) is 5.73 Å². The van der Waals surface area contributed by atoms with E-state index in [1.54, 1.807) is 11.8 Å².